The summed E-state index contributed by atoms with van der Waals surface area (Å²) in [6.45, 7) is 4.75. The van der Waals surface area contributed by atoms with Crippen molar-refractivity contribution < 1.29 is 9.50 Å². The average molecular weight is 279 g/mol. The molecule has 2 N–H and O–H groups in total. The summed E-state index contributed by atoms with van der Waals surface area (Å²) in [6.07, 6.45) is 2.44. The zero-order valence-electron chi connectivity index (χ0n) is 12.1. The monoisotopic (exact) mass is 279 g/mol. The number of guanidine groups is 1. The highest BCUT2D eigenvalue weighted by Gasteiger charge is 2.19. The zero-order chi connectivity index (χ0) is 14.5. The van der Waals surface area contributed by atoms with Crippen LogP contribution in [0, 0.1) is 11.7 Å². The number of nitrogens with one attached hydrogen (secondary N) is 1. The van der Waals surface area contributed by atoms with Gasteiger partial charge in [0.05, 0.1) is 0 Å². The van der Waals surface area contributed by atoms with Gasteiger partial charge in [-0.15, -0.1) is 0 Å². The van der Waals surface area contributed by atoms with Gasteiger partial charge in [0, 0.05) is 26.7 Å². The highest BCUT2D eigenvalue weighted by molar-refractivity contribution is 5.80. The van der Waals surface area contributed by atoms with Gasteiger partial charge in [-0.05, 0) is 36.5 Å². The van der Waals surface area contributed by atoms with Gasteiger partial charge in [0.2, 0.25) is 0 Å². The molecule has 0 bridgehead atoms. The van der Waals surface area contributed by atoms with Gasteiger partial charge in [-0.25, -0.2) is 4.39 Å². The Kier molecular flexibility index (Phi) is 4.82. The van der Waals surface area contributed by atoms with E-state index in [0.717, 1.165) is 24.6 Å². The smallest absolute Gasteiger partial charge is 0.193 e. The Hall–Kier alpha value is -1.78. The number of halogens is 1. The maximum atomic E-state index is 13.3. The second kappa shape index (κ2) is 6.59. The van der Waals surface area contributed by atoms with E-state index >= 15 is 0 Å². The van der Waals surface area contributed by atoms with Crippen molar-refractivity contribution in [3.8, 4) is 5.75 Å². The van der Waals surface area contributed by atoms with E-state index in [1.165, 1.54) is 25.0 Å². The largest absolute Gasteiger partial charge is 0.505 e. The average Bonchev–Trinajstić information content (AvgIpc) is 2.43. The van der Waals surface area contributed by atoms with Gasteiger partial charge in [0.1, 0.15) is 0 Å². The molecule has 1 unspecified atom stereocenters. The number of piperidine rings is 1. The van der Waals surface area contributed by atoms with E-state index in [4.69, 9.17) is 0 Å². The number of aliphatic imine (C=N–C) groups is 1. The summed E-state index contributed by atoms with van der Waals surface area (Å²) in [5, 5.41) is 12.4. The molecule has 20 heavy (non-hydrogen) atoms. The van der Waals surface area contributed by atoms with Crippen molar-refractivity contribution in [2.45, 2.75) is 26.3 Å². The standard InChI is InChI=1S/C15H22FN3O/c1-11-4-3-7-19(10-11)15(17-2)18-9-12-5-6-14(20)13(16)8-12/h5-6,8,11,20H,3-4,7,9-10H2,1-2H3,(H,17,18). The molecule has 1 aliphatic rings. The lowest BCUT2D eigenvalue weighted by Crippen LogP contribution is -2.45. The van der Waals surface area contributed by atoms with Gasteiger partial charge < -0.3 is 15.3 Å². The van der Waals surface area contributed by atoms with Gasteiger partial charge in [0.15, 0.2) is 17.5 Å². The first-order valence-corrected chi connectivity index (χ1v) is 7.03. The van der Waals surface area contributed by atoms with Crippen LogP contribution in [0.1, 0.15) is 25.3 Å². The minimum atomic E-state index is -0.592. The predicted octanol–water partition coefficient (Wildman–Crippen LogP) is 2.34. The SMILES string of the molecule is CN=C(NCc1ccc(O)c(F)c1)N1CCCC(C)C1. The second-order valence-electron chi connectivity index (χ2n) is 5.38. The molecule has 1 atom stereocenters. The Morgan fingerprint density at radius 1 is 1.55 bits per heavy atom. The first kappa shape index (κ1) is 14.6. The lowest BCUT2D eigenvalue weighted by Gasteiger charge is -2.33. The molecule has 1 aliphatic heterocycles. The van der Waals surface area contributed by atoms with E-state index in [9.17, 15) is 9.50 Å². The van der Waals surface area contributed by atoms with Gasteiger partial charge in [-0.3, -0.25) is 4.99 Å². The molecule has 1 aromatic rings. The molecule has 0 amide bonds. The summed E-state index contributed by atoms with van der Waals surface area (Å²) in [5.74, 6) is 0.618. The number of benzene rings is 1. The highest BCUT2D eigenvalue weighted by atomic mass is 19.1. The molecule has 0 aliphatic carbocycles. The molecule has 2 rings (SSSR count). The summed E-state index contributed by atoms with van der Waals surface area (Å²) in [4.78, 5) is 6.53. The Balaban J connectivity index is 1.95. The van der Waals surface area contributed by atoms with Gasteiger partial charge in [-0.2, -0.15) is 0 Å². The fourth-order valence-electron chi connectivity index (χ4n) is 2.56. The number of nitrogens with zero attached hydrogens (tertiary/aromatic N) is 2. The van der Waals surface area contributed by atoms with Crippen LogP contribution in [0.4, 0.5) is 4.39 Å². The van der Waals surface area contributed by atoms with E-state index in [1.54, 1.807) is 13.1 Å². The fraction of sp³-hybridized carbons (Fsp3) is 0.533. The number of hydrogen-bond acceptors (Lipinski definition) is 2. The first-order chi connectivity index (χ1) is 9.60. The molecule has 0 aromatic heterocycles. The Bertz CT molecular complexity index is 490. The van der Waals surface area contributed by atoms with Crippen LogP contribution >= 0.6 is 0 Å². The van der Waals surface area contributed by atoms with Crippen molar-refractivity contribution in [1.82, 2.24) is 10.2 Å². The summed E-state index contributed by atoms with van der Waals surface area (Å²) >= 11 is 0. The predicted molar refractivity (Wildman–Crippen MR) is 78.2 cm³/mol. The third-order valence-corrected chi connectivity index (χ3v) is 3.63. The fourth-order valence-corrected chi connectivity index (χ4v) is 2.56. The lowest BCUT2D eigenvalue weighted by molar-refractivity contribution is 0.266. The Morgan fingerprint density at radius 3 is 3.00 bits per heavy atom. The molecule has 4 nitrogen and oxygen atoms in total. The van der Waals surface area contributed by atoms with E-state index in [1.807, 2.05) is 0 Å². The third kappa shape index (κ3) is 3.62. The number of rotatable bonds is 2. The van der Waals surface area contributed by atoms with E-state index in [0.29, 0.717) is 12.5 Å². The van der Waals surface area contributed by atoms with Crippen LogP contribution in [0.25, 0.3) is 0 Å². The molecule has 0 spiro atoms. The first-order valence-electron chi connectivity index (χ1n) is 7.03. The lowest BCUT2D eigenvalue weighted by atomic mass is 10.0. The van der Waals surface area contributed by atoms with Gasteiger partial charge in [0.25, 0.3) is 0 Å². The molecule has 0 radical (unpaired) electrons. The van der Waals surface area contributed by atoms with Gasteiger partial charge >= 0.3 is 0 Å². The summed E-state index contributed by atoms with van der Waals surface area (Å²) < 4.78 is 13.3. The van der Waals surface area contributed by atoms with Gasteiger partial charge in [-0.1, -0.05) is 13.0 Å². The summed E-state index contributed by atoms with van der Waals surface area (Å²) in [5.41, 5.74) is 0.784. The van der Waals surface area contributed by atoms with Crippen molar-refractivity contribution in [3.05, 3.63) is 29.6 Å². The van der Waals surface area contributed by atoms with Crippen molar-refractivity contribution >= 4 is 5.96 Å². The molecular formula is C15H22FN3O. The van der Waals surface area contributed by atoms with Crippen LogP contribution in [-0.4, -0.2) is 36.1 Å². The van der Waals surface area contributed by atoms with Crippen molar-refractivity contribution in [2.24, 2.45) is 10.9 Å². The molecular weight excluding hydrogens is 257 g/mol. The second-order valence-corrected chi connectivity index (χ2v) is 5.38. The highest BCUT2D eigenvalue weighted by Crippen LogP contribution is 2.17. The van der Waals surface area contributed by atoms with Crippen LogP contribution in [-0.2, 0) is 6.54 Å². The number of likely N-dealkylation sites (tertiary alicyclic amines) is 1. The van der Waals surface area contributed by atoms with E-state index in [-0.39, 0.29) is 5.75 Å². The van der Waals surface area contributed by atoms with E-state index < -0.39 is 5.82 Å². The number of aromatic hydroxyl groups is 1. The topological polar surface area (TPSA) is 47.9 Å². The molecule has 1 heterocycles. The normalized spacial score (nSPS) is 20.1. The third-order valence-electron chi connectivity index (χ3n) is 3.63. The van der Waals surface area contributed by atoms with Crippen molar-refractivity contribution in [1.29, 1.82) is 0 Å². The minimum Gasteiger partial charge on any atom is -0.505 e. The van der Waals surface area contributed by atoms with Crippen LogP contribution in [0.5, 0.6) is 5.75 Å². The molecule has 1 fully saturated rings. The maximum absolute atomic E-state index is 13.3. The quantitative estimate of drug-likeness (QED) is 0.645. The number of hydrogen-bond donors (Lipinski definition) is 2. The van der Waals surface area contributed by atoms with Crippen molar-refractivity contribution in [3.63, 3.8) is 0 Å². The molecule has 110 valence electrons. The van der Waals surface area contributed by atoms with Crippen molar-refractivity contribution in [2.75, 3.05) is 20.1 Å². The maximum Gasteiger partial charge on any atom is 0.193 e. The summed E-state index contributed by atoms with van der Waals surface area (Å²) in [7, 11) is 1.76. The van der Waals surface area contributed by atoms with Crippen LogP contribution in [0.2, 0.25) is 0 Å². The zero-order valence-corrected chi connectivity index (χ0v) is 12.1. The number of phenolic OH excluding ortho intramolecular Hbond substituents is 1. The molecule has 5 heteroatoms. The number of phenols is 1. The summed E-state index contributed by atoms with van der Waals surface area (Å²) in [6, 6.07) is 4.42. The molecule has 1 aromatic carbocycles. The Morgan fingerprint density at radius 2 is 2.35 bits per heavy atom. The van der Waals surface area contributed by atoms with Crippen LogP contribution in [0.15, 0.2) is 23.2 Å². The Labute approximate surface area is 119 Å². The molecule has 1 saturated heterocycles. The van der Waals surface area contributed by atoms with E-state index in [2.05, 4.69) is 22.1 Å². The van der Waals surface area contributed by atoms with Crippen LogP contribution in [0.3, 0.4) is 0 Å². The minimum absolute atomic E-state index is 0.317. The molecule has 0 saturated carbocycles. The van der Waals surface area contributed by atoms with Crippen LogP contribution < -0.4 is 5.32 Å².